The molecule has 1 aliphatic heterocycles. The van der Waals surface area contributed by atoms with Gasteiger partial charge in [-0.3, -0.25) is 9.69 Å². The Morgan fingerprint density at radius 3 is 2.77 bits per heavy atom. The Morgan fingerprint density at radius 2 is 2.00 bits per heavy atom. The number of ether oxygens (including phenoxy) is 1. The maximum atomic E-state index is 12.8. The lowest BCUT2D eigenvalue weighted by atomic mass is 9.66. The third-order valence-electron chi connectivity index (χ3n) is 6.90. The van der Waals surface area contributed by atoms with Gasteiger partial charge in [0.2, 0.25) is 5.91 Å². The van der Waals surface area contributed by atoms with E-state index >= 15 is 0 Å². The largest absolute Gasteiger partial charge is 0.504 e. The monoisotopic (exact) mass is 424 g/mol. The number of phenolic OH excluding ortho intramolecular Hbond substituents is 1. The number of aliphatic hydroxyl groups is 1. The first-order valence-electron chi connectivity index (χ1n) is 11.1. The first kappa shape index (κ1) is 21.7. The number of hydrogen-bond donors (Lipinski definition) is 3. The van der Waals surface area contributed by atoms with Crippen LogP contribution in [0.2, 0.25) is 0 Å². The van der Waals surface area contributed by atoms with E-state index in [0.29, 0.717) is 25.3 Å². The van der Waals surface area contributed by atoms with Crippen LogP contribution in [0.15, 0.2) is 48.5 Å². The summed E-state index contributed by atoms with van der Waals surface area (Å²) in [5.41, 5.74) is 1.33. The number of amides is 1. The lowest BCUT2D eigenvalue weighted by molar-refractivity contribution is -0.138. The zero-order valence-corrected chi connectivity index (χ0v) is 18.1. The highest BCUT2D eigenvalue weighted by Gasteiger charge is 2.49. The number of nitrogens with zero attached hydrogens (tertiary/aromatic N) is 1. The number of aromatic hydroxyl groups is 1. The molecule has 0 bridgehead atoms. The Morgan fingerprint density at radius 1 is 1.19 bits per heavy atom. The molecular weight excluding hydrogens is 392 g/mol. The number of likely N-dealkylation sites (tertiary alicyclic amines) is 1. The smallest absolute Gasteiger partial charge is 0.234 e. The summed E-state index contributed by atoms with van der Waals surface area (Å²) < 4.78 is 5.33. The Balaban J connectivity index is 1.55. The quantitative estimate of drug-likeness (QED) is 0.662. The fourth-order valence-electron chi connectivity index (χ4n) is 5.28. The number of methoxy groups -OCH3 is 1. The second-order valence-electron chi connectivity index (χ2n) is 8.81. The molecule has 31 heavy (non-hydrogen) atoms. The van der Waals surface area contributed by atoms with E-state index in [0.717, 1.165) is 36.8 Å². The Bertz CT molecular complexity index is 904. The molecule has 1 saturated heterocycles. The number of carbonyl (C=O) groups is 1. The fraction of sp³-hybridized carbons (Fsp3) is 0.480. The molecule has 1 heterocycles. The standard InChI is InChI=1S/C25H32N2O4/c1-31-22-15-19(10-11-21(22)28)24-20-9-5-6-12-25(20,30)13-14-27(24)17-23(29)26-16-18-7-3-2-4-8-18/h2-4,7-8,10-11,15,20,24,28,30H,5-6,9,12-14,16-17H2,1H3,(H,26,29)/t20-,24+,25+/m1/s1. The van der Waals surface area contributed by atoms with Gasteiger partial charge in [0, 0.05) is 25.0 Å². The third kappa shape index (κ3) is 4.70. The highest BCUT2D eigenvalue weighted by atomic mass is 16.5. The van der Waals surface area contributed by atoms with Gasteiger partial charge in [0.15, 0.2) is 11.5 Å². The van der Waals surface area contributed by atoms with E-state index in [1.54, 1.807) is 6.07 Å². The predicted octanol–water partition coefficient (Wildman–Crippen LogP) is 3.39. The van der Waals surface area contributed by atoms with Gasteiger partial charge in [-0.1, -0.05) is 49.2 Å². The molecule has 6 nitrogen and oxygen atoms in total. The third-order valence-corrected chi connectivity index (χ3v) is 6.90. The van der Waals surface area contributed by atoms with E-state index in [1.165, 1.54) is 7.11 Å². The minimum Gasteiger partial charge on any atom is -0.504 e. The van der Waals surface area contributed by atoms with Gasteiger partial charge in [-0.25, -0.2) is 0 Å². The van der Waals surface area contributed by atoms with Crippen molar-refractivity contribution < 1.29 is 19.7 Å². The van der Waals surface area contributed by atoms with Crippen LogP contribution in [0.3, 0.4) is 0 Å². The highest BCUT2D eigenvalue weighted by Crippen LogP contribution is 2.49. The summed E-state index contributed by atoms with van der Waals surface area (Å²) in [5, 5.41) is 24.5. The van der Waals surface area contributed by atoms with Crippen LogP contribution in [-0.4, -0.2) is 46.8 Å². The number of carbonyl (C=O) groups excluding carboxylic acids is 1. The molecule has 2 aromatic rings. The average Bonchev–Trinajstić information content (AvgIpc) is 2.79. The number of fused-ring (bicyclic) bond motifs is 1. The summed E-state index contributed by atoms with van der Waals surface area (Å²) >= 11 is 0. The number of hydrogen-bond acceptors (Lipinski definition) is 5. The summed E-state index contributed by atoms with van der Waals surface area (Å²) in [6.07, 6.45) is 4.52. The van der Waals surface area contributed by atoms with Gasteiger partial charge in [0.05, 0.1) is 19.3 Å². The lowest BCUT2D eigenvalue weighted by Crippen LogP contribution is -2.56. The van der Waals surface area contributed by atoms with Crippen LogP contribution in [0.1, 0.15) is 49.3 Å². The lowest BCUT2D eigenvalue weighted by Gasteiger charge is -2.52. The molecule has 1 aliphatic carbocycles. The van der Waals surface area contributed by atoms with Gasteiger partial charge in [-0.15, -0.1) is 0 Å². The van der Waals surface area contributed by atoms with Crippen molar-refractivity contribution in [2.75, 3.05) is 20.2 Å². The van der Waals surface area contributed by atoms with Crippen LogP contribution in [0.5, 0.6) is 11.5 Å². The molecule has 0 spiro atoms. The first-order valence-corrected chi connectivity index (χ1v) is 11.1. The summed E-state index contributed by atoms with van der Waals surface area (Å²) in [7, 11) is 1.53. The second kappa shape index (κ2) is 9.28. The molecule has 166 valence electrons. The van der Waals surface area contributed by atoms with E-state index in [1.807, 2.05) is 42.5 Å². The molecule has 3 atom stereocenters. The number of piperidine rings is 1. The average molecular weight is 425 g/mol. The van der Waals surface area contributed by atoms with Gasteiger partial charge in [-0.05, 0) is 42.5 Å². The summed E-state index contributed by atoms with van der Waals surface area (Å²) in [5.74, 6) is 0.524. The van der Waals surface area contributed by atoms with Crippen molar-refractivity contribution in [3.8, 4) is 11.5 Å². The van der Waals surface area contributed by atoms with Gasteiger partial charge < -0.3 is 20.3 Å². The Labute approximate surface area is 183 Å². The maximum Gasteiger partial charge on any atom is 0.234 e. The van der Waals surface area contributed by atoms with Crippen LogP contribution in [0.25, 0.3) is 0 Å². The number of phenols is 1. The maximum absolute atomic E-state index is 12.8. The van der Waals surface area contributed by atoms with E-state index in [2.05, 4.69) is 10.2 Å². The van der Waals surface area contributed by atoms with Gasteiger partial charge in [-0.2, -0.15) is 0 Å². The predicted molar refractivity (Wildman–Crippen MR) is 119 cm³/mol. The molecule has 4 rings (SSSR count). The zero-order valence-electron chi connectivity index (χ0n) is 18.1. The van der Waals surface area contributed by atoms with E-state index in [9.17, 15) is 15.0 Å². The molecule has 0 radical (unpaired) electrons. The van der Waals surface area contributed by atoms with Crippen molar-refractivity contribution in [1.82, 2.24) is 10.2 Å². The zero-order chi connectivity index (χ0) is 21.8. The van der Waals surface area contributed by atoms with Crippen LogP contribution in [0.4, 0.5) is 0 Å². The van der Waals surface area contributed by atoms with Gasteiger partial charge in [0.25, 0.3) is 0 Å². The molecule has 0 unspecified atom stereocenters. The highest BCUT2D eigenvalue weighted by molar-refractivity contribution is 5.78. The Kier molecular flexibility index (Phi) is 6.49. The van der Waals surface area contributed by atoms with Crippen LogP contribution in [-0.2, 0) is 11.3 Å². The van der Waals surface area contributed by atoms with E-state index in [4.69, 9.17) is 4.74 Å². The molecule has 1 saturated carbocycles. The first-order chi connectivity index (χ1) is 15.0. The van der Waals surface area contributed by atoms with Crippen LogP contribution in [0, 0.1) is 5.92 Å². The van der Waals surface area contributed by atoms with Crippen molar-refractivity contribution in [2.45, 2.75) is 50.3 Å². The second-order valence-corrected chi connectivity index (χ2v) is 8.81. The van der Waals surface area contributed by atoms with Crippen LogP contribution < -0.4 is 10.1 Å². The summed E-state index contributed by atoms with van der Waals surface area (Å²) in [4.78, 5) is 15.0. The molecule has 3 N–H and O–H groups in total. The molecular formula is C25H32N2O4. The number of benzene rings is 2. The minimum atomic E-state index is -0.703. The minimum absolute atomic E-state index is 0.0270. The van der Waals surface area contributed by atoms with Crippen molar-refractivity contribution in [2.24, 2.45) is 5.92 Å². The fourth-order valence-corrected chi connectivity index (χ4v) is 5.28. The molecule has 0 aromatic heterocycles. The van der Waals surface area contributed by atoms with E-state index in [-0.39, 0.29) is 30.2 Å². The van der Waals surface area contributed by atoms with E-state index < -0.39 is 5.60 Å². The van der Waals surface area contributed by atoms with Crippen LogP contribution >= 0.6 is 0 Å². The number of rotatable bonds is 6. The normalized spacial score (nSPS) is 26.1. The Hall–Kier alpha value is -2.57. The molecule has 2 fully saturated rings. The van der Waals surface area contributed by atoms with Crippen molar-refractivity contribution in [1.29, 1.82) is 0 Å². The van der Waals surface area contributed by atoms with Crippen molar-refractivity contribution in [3.05, 3.63) is 59.7 Å². The van der Waals surface area contributed by atoms with Crippen molar-refractivity contribution in [3.63, 3.8) is 0 Å². The number of nitrogens with one attached hydrogen (secondary N) is 1. The molecule has 2 aliphatic rings. The summed E-state index contributed by atoms with van der Waals surface area (Å²) in [6, 6.07) is 15.1. The SMILES string of the molecule is COc1cc([C@H]2[C@H]3CCCC[C@]3(O)CCN2CC(=O)NCc2ccccc2)ccc1O. The van der Waals surface area contributed by atoms with Gasteiger partial charge in [0.1, 0.15) is 0 Å². The van der Waals surface area contributed by atoms with Crippen molar-refractivity contribution >= 4 is 5.91 Å². The topological polar surface area (TPSA) is 82.0 Å². The molecule has 2 aromatic carbocycles. The molecule has 6 heteroatoms. The summed E-state index contributed by atoms with van der Waals surface area (Å²) in [6.45, 7) is 1.42. The molecule has 1 amide bonds. The van der Waals surface area contributed by atoms with Gasteiger partial charge >= 0.3 is 0 Å².